The molecule has 2 aromatic rings. The smallest absolute Gasteiger partial charge is 0.218 e. The first kappa shape index (κ1) is 21.4. The van der Waals surface area contributed by atoms with Crippen molar-refractivity contribution in [2.45, 2.75) is 44.9 Å². The lowest BCUT2D eigenvalue weighted by Gasteiger charge is -2.24. The molecule has 0 aromatic heterocycles. The normalized spacial score (nSPS) is 15.7. The number of nitrogens with two attached hydrogens (primary N) is 1. The Labute approximate surface area is 174 Å². The van der Waals surface area contributed by atoms with Gasteiger partial charge in [0, 0.05) is 29.6 Å². The van der Waals surface area contributed by atoms with Crippen LogP contribution in [0.2, 0.25) is 5.02 Å². The minimum Gasteiger partial charge on any atom is -0.392 e. The second kappa shape index (κ2) is 9.03. The predicted molar refractivity (Wildman–Crippen MR) is 109 cm³/mol. The topological polar surface area (TPSA) is 92.4 Å². The van der Waals surface area contributed by atoms with Crippen LogP contribution in [-0.2, 0) is 11.4 Å². The highest BCUT2D eigenvalue weighted by molar-refractivity contribution is 6.35. The van der Waals surface area contributed by atoms with Crippen molar-refractivity contribution >= 4 is 23.3 Å². The summed E-state index contributed by atoms with van der Waals surface area (Å²) in [5, 5.41) is 12.5. The lowest BCUT2D eigenvalue weighted by molar-refractivity contribution is -0.118. The average Bonchev–Trinajstić information content (AvgIpc) is 3.51. The van der Waals surface area contributed by atoms with Crippen molar-refractivity contribution in [2.75, 3.05) is 0 Å². The van der Waals surface area contributed by atoms with Gasteiger partial charge in [0.2, 0.25) is 5.91 Å². The van der Waals surface area contributed by atoms with E-state index in [9.17, 15) is 9.59 Å². The fourth-order valence-electron chi connectivity index (χ4n) is 3.50. The summed E-state index contributed by atoms with van der Waals surface area (Å²) >= 11 is 6.20. The molecule has 2 unspecified atom stereocenters. The molecule has 1 amide bonds. The molecule has 7 heteroatoms. The summed E-state index contributed by atoms with van der Waals surface area (Å²) < 4.78 is 15.5. The number of ketones is 1. The van der Waals surface area contributed by atoms with Crippen LogP contribution in [0.15, 0.2) is 36.4 Å². The Balaban J connectivity index is 1.94. The van der Waals surface area contributed by atoms with Crippen LogP contribution < -0.4 is 11.1 Å². The summed E-state index contributed by atoms with van der Waals surface area (Å²) in [6.45, 7) is 1.68. The molecule has 0 heterocycles. The number of hydrogen-bond donors (Lipinski definition) is 3. The number of primary amides is 1. The molecule has 2 atom stereocenters. The zero-order chi connectivity index (χ0) is 21.1. The van der Waals surface area contributed by atoms with Gasteiger partial charge in [0.05, 0.1) is 17.2 Å². The van der Waals surface area contributed by atoms with Crippen LogP contribution in [0, 0.1) is 11.7 Å². The van der Waals surface area contributed by atoms with Crippen molar-refractivity contribution in [2.24, 2.45) is 11.7 Å². The summed E-state index contributed by atoms with van der Waals surface area (Å²) in [7, 11) is 0. The summed E-state index contributed by atoms with van der Waals surface area (Å²) in [6, 6.07) is 8.89. The fraction of sp³-hybridized carbons (Fsp3) is 0.364. The number of aliphatic hydroxyl groups is 1. The van der Waals surface area contributed by atoms with Gasteiger partial charge in [-0.25, -0.2) is 4.39 Å². The first-order valence-electron chi connectivity index (χ1n) is 9.58. The van der Waals surface area contributed by atoms with Crippen LogP contribution in [0.5, 0.6) is 0 Å². The highest BCUT2D eigenvalue weighted by Crippen LogP contribution is 2.43. The van der Waals surface area contributed by atoms with Crippen LogP contribution in [-0.4, -0.2) is 22.8 Å². The molecular formula is C22H24ClFN2O3. The molecule has 5 nitrogen and oxygen atoms in total. The molecule has 1 saturated carbocycles. The maximum absolute atomic E-state index is 15.5. The minimum absolute atomic E-state index is 0.0437. The standard InChI is InChI=1S/C22H24ClFN2O3/c1-12(10-18(25)28)26-21(14-6-7-14)16-8-9-17(23)19(20(16)24)22(29)15-4-2-13(11-27)3-5-15/h2-5,8-9,12,14,21,26-27H,6-7,10-11H2,1H3,(H2,25,28). The number of hydrogen-bond acceptors (Lipinski definition) is 4. The highest BCUT2D eigenvalue weighted by atomic mass is 35.5. The molecule has 1 aliphatic carbocycles. The van der Waals surface area contributed by atoms with Gasteiger partial charge in [-0.1, -0.05) is 41.9 Å². The number of carbonyl (C=O) groups excluding carboxylic acids is 2. The van der Waals surface area contributed by atoms with Crippen molar-refractivity contribution in [1.82, 2.24) is 5.32 Å². The Kier molecular flexibility index (Phi) is 6.67. The molecule has 0 bridgehead atoms. The Morgan fingerprint density at radius 3 is 2.45 bits per heavy atom. The Morgan fingerprint density at radius 2 is 1.90 bits per heavy atom. The van der Waals surface area contributed by atoms with E-state index in [4.69, 9.17) is 22.4 Å². The van der Waals surface area contributed by atoms with E-state index < -0.39 is 17.5 Å². The first-order valence-corrected chi connectivity index (χ1v) is 9.96. The SMILES string of the molecule is CC(CC(N)=O)NC(c1ccc(Cl)c(C(=O)c2ccc(CO)cc2)c1F)C1CC1. The number of aliphatic hydroxyl groups excluding tert-OH is 1. The molecule has 0 saturated heterocycles. The van der Waals surface area contributed by atoms with E-state index in [0.29, 0.717) is 11.1 Å². The van der Waals surface area contributed by atoms with E-state index in [-0.39, 0.29) is 47.2 Å². The van der Waals surface area contributed by atoms with Crippen LogP contribution >= 0.6 is 11.6 Å². The van der Waals surface area contributed by atoms with Gasteiger partial charge >= 0.3 is 0 Å². The van der Waals surface area contributed by atoms with E-state index in [2.05, 4.69) is 5.32 Å². The average molecular weight is 419 g/mol. The highest BCUT2D eigenvalue weighted by Gasteiger charge is 2.36. The molecule has 4 N–H and O–H groups in total. The number of carbonyl (C=O) groups is 2. The predicted octanol–water partition coefficient (Wildman–Crippen LogP) is 3.51. The molecular weight excluding hydrogens is 395 g/mol. The minimum atomic E-state index is -0.649. The molecule has 0 radical (unpaired) electrons. The molecule has 1 fully saturated rings. The van der Waals surface area contributed by atoms with Crippen molar-refractivity contribution in [1.29, 1.82) is 0 Å². The number of nitrogens with one attached hydrogen (secondary N) is 1. The lowest BCUT2D eigenvalue weighted by atomic mass is 9.94. The van der Waals surface area contributed by atoms with Gasteiger partial charge in [-0.2, -0.15) is 0 Å². The summed E-state index contributed by atoms with van der Waals surface area (Å²) in [5.74, 6) is -1.37. The third-order valence-corrected chi connectivity index (χ3v) is 5.46. The van der Waals surface area contributed by atoms with Gasteiger partial charge in [0.15, 0.2) is 5.78 Å². The largest absolute Gasteiger partial charge is 0.392 e. The molecule has 0 spiro atoms. The van der Waals surface area contributed by atoms with Gasteiger partial charge in [-0.3, -0.25) is 9.59 Å². The zero-order valence-corrected chi connectivity index (χ0v) is 16.9. The van der Waals surface area contributed by atoms with Gasteiger partial charge in [0.25, 0.3) is 0 Å². The Hall–Kier alpha value is -2.28. The van der Waals surface area contributed by atoms with Crippen LogP contribution in [0.25, 0.3) is 0 Å². The quantitative estimate of drug-likeness (QED) is 0.543. The molecule has 154 valence electrons. The van der Waals surface area contributed by atoms with E-state index >= 15 is 4.39 Å². The monoisotopic (exact) mass is 418 g/mol. The van der Waals surface area contributed by atoms with E-state index in [1.165, 1.54) is 6.07 Å². The van der Waals surface area contributed by atoms with Crippen molar-refractivity contribution in [3.05, 3.63) is 69.5 Å². The van der Waals surface area contributed by atoms with Crippen molar-refractivity contribution in [3.63, 3.8) is 0 Å². The summed E-state index contributed by atoms with van der Waals surface area (Å²) in [6.07, 6.45) is 2.02. The van der Waals surface area contributed by atoms with Crippen molar-refractivity contribution in [3.8, 4) is 0 Å². The third-order valence-electron chi connectivity index (χ3n) is 5.15. The number of rotatable bonds is 9. The van der Waals surface area contributed by atoms with Crippen LogP contribution in [0.4, 0.5) is 4.39 Å². The number of halogens is 2. The van der Waals surface area contributed by atoms with Gasteiger partial charge in [0.1, 0.15) is 5.82 Å². The maximum atomic E-state index is 15.5. The second-order valence-corrected chi connectivity index (χ2v) is 7.97. The van der Waals surface area contributed by atoms with E-state index in [0.717, 1.165) is 12.8 Å². The van der Waals surface area contributed by atoms with Crippen molar-refractivity contribution < 1.29 is 19.1 Å². The fourth-order valence-corrected chi connectivity index (χ4v) is 3.73. The van der Waals surface area contributed by atoms with Gasteiger partial charge in [-0.05, 0) is 37.3 Å². The molecule has 1 aliphatic rings. The molecule has 0 aliphatic heterocycles. The Bertz CT molecular complexity index is 913. The molecule has 3 rings (SSSR count). The molecule has 29 heavy (non-hydrogen) atoms. The maximum Gasteiger partial charge on any atom is 0.218 e. The Morgan fingerprint density at radius 1 is 1.24 bits per heavy atom. The zero-order valence-electron chi connectivity index (χ0n) is 16.1. The lowest BCUT2D eigenvalue weighted by Crippen LogP contribution is -2.35. The number of amides is 1. The van der Waals surface area contributed by atoms with Gasteiger partial charge in [-0.15, -0.1) is 0 Å². The molecule has 2 aromatic carbocycles. The summed E-state index contributed by atoms with van der Waals surface area (Å²) in [5.41, 5.74) is 6.41. The van der Waals surface area contributed by atoms with E-state index in [1.807, 2.05) is 6.92 Å². The third kappa shape index (κ3) is 5.01. The summed E-state index contributed by atoms with van der Waals surface area (Å²) in [4.78, 5) is 24.1. The van der Waals surface area contributed by atoms with Crippen LogP contribution in [0.1, 0.15) is 59.3 Å². The second-order valence-electron chi connectivity index (χ2n) is 7.56. The van der Waals surface area contributed by atoms with E-state index in [1.54, 1.807) is 30.3 Å². The van der Waals surface area contributed by atoms with Gasteiger partial charge < -0.3 is 16.2 Å². The number of benzene rings is 2. The first-order chi connectivity index (χ1) is 13.8. The van der Waals surface area contributed by atoms with Crippen LogP contribution in [0.3, 0.4) is 0 Å².